The van der Waals surface area contributed by atoms with Crippen molar-refractivity contribution < 1.29 is 9.47 Å². The van der Waals surface area contributed by atoms with Crippen molar-refractivity contribution in [2.24, 2.45) is 0 Å². The van der Waals surface area contributed by atoms with Crippen molar-refractivity contribution in [3.63, 3.8) is 0 Å². The molecule has 0 aromatic heterocycles. The summed E-state index contributed by atoms with van der Waals surface area (Å²) in [6.07, 6.45) is 6.30. The molecule has 3 rings (SSSR count). The largest absolute Gasteiger partial charge is 0.497 e. The van der Waals surface area contributed by atoms with Gasteiger partial charge < -0.3 is 9.47 Å². The molecule has 1 aromatic rings. The maximum atomic E-state index is 6.69. The Morgan fingerprint density at radius 1 is 1.38 bits per heavy atom. The van der Waals surface area contributed by atoms with E-state index in [-0.39, 0.29) is 5.60 Å². The molecule has 0 N–H and O–H groups in total. The third-order valence-corrected chi connectivity index (χ3v) is 5.23. The van der Waals surface area contributed by atoms with Crippen LogP contribution in [0.2, 0.25) is 0 Å². The van der Waals surface area contributed by atoms with Gasteiger partial charge in [0.15, 0.2) is 0 Å². The van der Waals surface area contributed by atoms with Gasteiger partial charge in [0.1, 0.15) is 11.4 Å². The van der Waals surface area contributed by atoms with E-state index in [4.69, 9.17) is 9.47 Å². The van der Waals surface area contributed by atoms with E-state index in [9.17, 15) is 0 Å². The molecule has 1 saturated carbocycles. The Labute approximate surface area is 128 Å². The number of hydrogen-bond acceptors (Lipinski definition) is 3. The van der Waals surface area contributed by atoms with Gasteiger partial charge in [-0.05, 0) is 44.0 Å². The lowest BCUT2D eigenvalue weighted by Gasteiger charge is -2.54. The molecular weight excluding hydrogens is 262 g/mol. The molecule has 0 radical (unpaired) electrons. The third kappa shape index (κ3) is 2.58. The van der Waals surface area contributed by atoms with Crippen molar-refractivity contribution in [2.75, 3.05) is 20.7 Å². The predicted molar refractivity (Wildman–Crippen MR) is 84.7 cm³/mol. The van der Waals surface area contributed by atoms with Gasteiger partial charge >= 0.3 is 0 Å². The second-order valence-corrected chi connectivity index (χ2v) is 6.47. The van der Waals surface area contributed by atoms with E-state index in [1.165, 1.54) is 24.8 Å². The molecule has 21 heavy (non-hydrogen) atoms. The van der Waals surface area contributed by atoms with Crippen LogP contribution in [0.25, 0.3) is 0 Å². The van der Waals surface area contributed by atoms with Crippen LogP contribution in [0.4, 0.5) is 0 Å². The summed E-state index contributed by atoms with van der Waals surface area (Å²) in [5.74, 6) is 0.927. The van der Waals surface area contributed by atoms with E-state index in [1.807, 2.05) is 6.07 Å². The zero-order chi connectivity index (χ0) is 14.9. The highest BCUT2D eigenvalue weighted by molar-refractivity contribution is 5.34. The number of likely N-dealkylation sites (N-methyl/N-ethyl adjacent to an activating group) is 1. The Morgan fingerprint density at radius 3 is 3.00 bits per heavy atom. The summed E-state index contributed by atoms with van der Waals surface area (Å²) in [6, 6.07) is 8.98. The normalized spacial score (nSPS) is 33.5. The molecule has 0 amide bonds. The Balaban J connectivity index is 2.02. The van der Waals surface area contributed by atoms with Gasteiger partial charge in [-0.25, -0.2) is 0 Å². The standard InChI is InChI=1S/C18H27NO2/c1-4-15-13-19(2)17-10-5-6-11-18(17,21-15)14-8-7-9-16(12-14)20-3/h7-9,12,15,17H,4-6,10-11,13H2,1-3H3/t15-,17-,18+/m1/s1. The molecule has 1 heterocycles. The van der Waals surface area contributed by atoms with Crippen molar-refractivity contribution in [2.45, 2.75) is 56.8 Å². The van der Waals surface area contributed by atoms with E-state index in [2.05, 4.69) is 37.1 Å². The van der Waals surface area contributed by atoms with E-state index in [1.54, 1.807) is 7.11 Å². The quantitative estimate of drug-likeness (QED) is 0.849. The highest BCUT2D eigenvalue weighted by Gasteiger charge is 2.49. The smallest absolute Gasteiger partial charge is 0.119 e. The molecular formula is C18H27NO2. The van der Waals surface area contributed by atoms with Crippen LogP contribution < -0.4 is 4.74 Å². The van der Waals surface area contributed by atoms with Crippen LogP contribution in [-0.4, -0.2) is 37.7 Å². The summed E-state index contributed by atoms with van der Waals surface area (Å²) < 4.78 is 12.1. The van der Waals surface area contributed by atoms with Crippen LogP contribution in [0.1, 0.15) is 44.6 Å². The second-order valence-electron chi connectivity index (χ2n) is 6.47. The maximum Gasteiger partial charge on any atom is 0.119 e. The van der Waals surface area contributed by atoms with Crippen LogP contribution in [0, 0.1) is 0 Å². The molecule has 2 fully saturated rings. The zero-order valence-corrected chi connectivity index (χ0v) is 13.5. The van der Waals surface area contributed by atoms with Gasteiger partial charge in [-0.15, -0.1) is 0 Å². The summed E-state index contributed by atoms with van der Waals surface area (Å²) in [5, 5.41) is 0. The molecule has 3 nitrogen and oxygen atoms in total. The van der Waals surface area contributed by atoms with Crippen molar-refractivity contribution >= 4 is 0 Å². The lowest BCUT2D eigenvalue weighted by atomic mass is 9.73. The SMILES string of the molecule is CC[C@@H]1CN(C)[C@@H]2CCCC[C@@]2(c2cccc(OC)c2)O1. The molecule has 0 unspecified atom stereocenters. The first-order chi connectivity index (χ1) is 10.2. The number of hydrogen-bond donors (Lipinski definition) is 0. The number of benzene rings is 1. The van der Waals surface area contributed by atoms with Crippen LogP contribution in [0.5, 0.6) is 5.75 Å². The van der Waals surface area contributed by atoms with Gasteiger partial charge in [-0.1, -0.05) is 31.9 Å². The molecule has 1 aromatic carbocycles. The zero-order valence-electron chi connectivity index (χ0n) is 13.5. The van der Waals surface area contributed by atoms with Crippen molar-refractivity contribution in [1.82, 2.24) is 4.90 Å². The summed E-state index contributed by atoms with van der Waals surface area (Å²) in [5.41, 5.74) is 1.14. The molecule has 1 aliphatic heterocycles. The van der Waals surface area contributed by atoms with E-state index < -0.39 is 0 Å². The predicted octanol–water partition coefficient (Wildman–Crippen LogP) is 3.57. The monoisotopic (exact) mass is 289 g/mol. The lowest BCUT2D eigenvalue weighted by Crippen LogP contribution is -2.60. The molecule has 0 bridgehead atoms. The molecule has 116 valence electrons. The van der Waals surface area contributed by atoms with Crippen LogP contribution in [0.15, 0.2) is 24.3 Å². The first-order valence-corrected chi connectivity index (χ1v) is 8.22. The fourth-order valence-electron chi connectivity index (χ4n) is 4.13. The van der Waals surface area contributed by atoms with Gasteiger partial charge in [-0.2, -0.15) is 0 Å². The Hall–Kier alpha value is -1.06. The first kappa shape index (κ1) is 14.9. The second kappa shape index (κ2) is 5.98. The maximum absolute atomic E-state index is 6.69. The van der Waals surface area contributed by atoms with E-state index >= 15 is 0 Å². The minimum atomic E-state index is -0.152. The average molecular weight is 289 g/mol. The van der Waals surface area contributed by atoms with Gasteiger partial charge in [0, 0.05) is 12.6 Å². The van der Waals surface area contributed by atoms with Gasteiger partial charge in [0.05, 0.1) is 13.2 Å². The molecule has 0 spiro atoms. The van der Waals surface area contributed by atoms with Crippen LogP contribution >= 0.6 is 0 Å². The highest BCUT2D eigenvalue weighted by Crippen LogP contribution is 2.47. The molecule has 1 saturated heterocycles. The third-order valence-electron chi connectivity index (χ3n) is 5.23. The molecule has 3 heteroatoms. The summed E-state index contributed by atoms with van der Waals surface area (Å²) in [4.78, 5) is 2.52. The molecule has 2 aliphatic rings. The summed E-state index contributed by atoms with van der Waals surface area (Å²) >= 11 is 0. The summed E-state index contributed by atoms with van der Waals surface area (Å²) in [7, 11) is 3.99. The Morgan fingerprint density at radius 2 is 2.24 bits per heavy atom. The van der Waals surface area contributed by atoms with Crippen molar-refractivity contribution in [3.8, 4) is 5.75 Å². The average Bonchev–Trinajstić information content (AvgIpc) is 2.54. The van der Waals surface area contributed by atoms with Gasteiger partial charge in [0.25, 0.3) is 0 Å². The minimum absolute atomic E-state index is 0.152. The summed E-state index contributed by atoms with van der Waals surface area (Å²) in [6.45, 7) is 3.27. The Kier molecular flexibility index (Phi) is 4.23. The fraction of sp³-hybridized carbons (Fsp3) is 0.667. The van der Waals surface area contributed by atoms with E-state index in [0.29, 0.717) is 12.1 Å². The number of fused-ring (bicyclic) bond motifs is 1. The van der Waals surface area contributed by atoms with Crippen molar-refractivity contribution in [3.05, 3.63) is 29.8 Å². The number of ether oxygens (including phenoxy) is 2. The molecule has 1 aliphatic carbocycles. The minimum Gasteiger partial charge on any atom is -0.497 e. The first-order valence-electron chi connectivity index (χ1n) is 8.22. The topological polar surface area (TPSA) is 21.7 Å². The fourth-order valence-corrected chi connectivity index (χ4v) is 4.13. The van der Waals surface area contributed by atoms with Crippen molar-refractivity contribution in [1.29, 1.82) is 0 Å². The molecule has 3 atom stereocenters. The number of rotatable bonds is 3. The number of nitrogens with zero attached hydrogens (tertiary/aromatic N) is 1. The number of morpholine rings is 1. The Bertz CT molecular complexity index is 490. The van der Waals surface area contributed by atoms with Gasteiger partial charge in [-0.3, -0.25) is 4.90 Å². The van der Waals surface area contributed by atoms with Crippen LogP contribution in [-0.2, 0) is 10.3 Å². The number of methoxy groups -OCH3 is 1. The van der Waals surface area contributed by atoms with E-state index in [0.717, 1.165) is 25.1 Å². The van der Waals surface area contributed by atoms with Gasteiger partial charge in [0.2, 0.25) is 0 Å². The lowest BCUT2D eigenvalue weighted by molar-refractivity contribution is -0.204. The van der Waals surface area contributed by atoms with Crippen LogP contribution in [0.3, 0.4) is 0 Å². The highest BCUT2D eigenvalue weighted by atomic mass is 16.5.